The van der Waals surface area contributed by atoms with Crippen molar-refractivity contribution in [1.29, 1.82) is 0 Å². The summed E-state index contributed by atoms with van der Waals surface area (Å²) in [6.45, 7) is 3.67. The van der Waals surface area contributed by atoms with Crippen LogP contribution in [-0.2, 0) is 0 Å². The van der Waals surface area contributed by atoms with Crippen molar-refractivity contribution in [2.45, 2.75) is 12.5 Å². The molecule has 0 aliphatic rings. The molecule has 0 amide bonds. The van der Waals surface area contributed by atoms with Crippen LogP contribution in [0.5, 0.6) is 0 Å². The number of hydrogen-bond acceptors (Lipinski definition) is 1. The lowest BCUT2D eigenvalue weighted by atomic mass is 10.1. The van der Waals surface area contributed by atoms with Crippen molar-refractivity contribution in [3.05, 3.63) is 44.5 Å². The van der Waals surface area contributed by atoms with Gasteiger partial charge in [0.1, 0.15) is 0 Å². The van der Waals surface area contributed by atoms with Crippen molar-refractivity contribution in [2.24, 2.45) is 5.73 Å². The van der Waals surface area contributed by atoms with Crippen LogP contribution in [0.1, 0.15) is 18.0 Å². The van der Waals surface area contributed by atoms with Crippen molar-refractivity contribution in [1.82, 2.24) is 0 Å². The van der Waals surface area contributed by atoms with Crippen molar-refractivity contribution in [3.63, 3.8) is 0 Å². The van der Waals surface area contributed by atoms with E-state index < -0.39 is 0 Å². The Balaban J connectivity index is 2.89. The van der Waals surface area contributed by atoms with Crippen molar-refractivity contribution in [2.75, 3.05) is 0 Å². The summed E-state index contributed by atoms with van der Waals surface area (Å²) in [4.78, 5) is 0. The molecule has 1 nitrogen and oxygen atoms in total. The van der Waals surface area contributed by atoms with Crippen LogP contribution in [-0.4, -0.2) is 0 Å². The molecule has 0 saturated heterocycles. The third kappa shape index (κ3) is 3.07. The lowest BCUT2D eigenvalue weighted by Crippen LogP contribution is -2.08. The van der Waals surface area contributed by atoms with E-state index in [1.54, 1.807) is 0 Å². The zero-order chi connectivity index (χ0) is 9.84. The number of benzene rings is 1. The number of hydrogen-bond donors (Lipinski definition) is 1. The maximum atomic E-state index is 5.93. The molecule has 1 rings (SSSR count). The van der Waals surface area contributed by atoms with Crippen LogP contribution in [0.4, 0.5) is 0 Å². The van der Waals surface area contributed by atoms with Crippen molar-refractivity contribution < 1.29 is 0 Å². The van der Waals surface area contributed by atoms with Gasteiger partial charge in [-0.15, -0.1) is 6.58 Å². The summed E-state index contributed by atoms with van der Waals surface area (Å²) in [5, 5.41) is 0. The summed E-state index contributed by atoms with van der Waals surface area (Å²) >= 11 is 5.75. The number of halogens is 2. The molecule has 0 aliphatic heterocycles. The summed E-state index contributed by atoms with van der Waals surface area (Å²) in [5.74, 6) is 0. The second-order valence-electron chi connectivity index (χ2n) is 2.80. The Morgan fingerprint density at radius 3 is 2.85 bits per heavy atom. The highest BCUT2D eigenvalue weighted by Gasteiger charge is 2.05. The highest BCUT2D eigenvalue weighted by molar-refractivity contribution is 14.1. The molecule has 0 unspecified atom stereocenters. The third-order valence-corrected chi connectivity index (χ3v) is 4.13. The Morgan fingerprint density at radius 2 is 2.31 bits per heavy atom. The van der Waals surface area contributed by atoms with Gasteiger partial charge in [-0.2, -0.15) is 0 Å². The van der Waals surface area contributed by atoms with E-state index in [4.69, 9.17) is 5.73 Å². The Kier molecular flexibility index (Phi) is 4.41. The van der Waals surface area contributed by atoms with E-state index in [2.05, 4.69) is 63.3 Å². The van der Waals surface area contributed by atoms with Gasteiger partial charge in [-0.05, 0) is 62.6 Å². The van der Waals surface area contributed by atoms with Gasteiger partial charge in [0, 0.05) is 14.1 Å². The minimum absolute atomic E-state index is 0.0609. The number of rotatable bonds is 3. The van der Waals surface area contributed by atoms with Crippen LogP contribution in [0, 0.1) is 3.57 Å². The maximum absolute atomic E-state index is 5.93. The Bertz CT molecular complexity index is 312. The molecule has 1 atom stereocenters. The molecule has 0 radical (unpaired) electrons. The first-order chi connectivity index (χ1) is 6.15. The van der Waals surface area contributed by atoms with E-state index in [1.165, 1.54) is 3.57 Å². The molecule has 2 N–H and O–H groups in total. The minimum atomic E-state index is 0.0609. The second-order valence-corrected chi connectivity index (χ2v) is 4.82. The predicted molar refractivity (Wildman–Crippen MR) is 68.6 cm³/mol. The molecular weight excluding hydrogens is 341 g/mol. The molecular formula is C10H11BrIN. The molecule has 3 heteroatoms. The molecule has 0 aromatic heterocycles. The molecule has 13 heavy (non-hydrogen) atoms. The molecule has 0 fully saturated rings. The SMILES string of the molecule is C=CC[C@H](N)c1ccc(I)c(Br)c1. The molecule has 0 bridgehead atoms. The van der Waals surface area contributed by atoms with E-state index in [0.717, 1.165) is 16.5 Å². The smallest absolute Gasteiger partial charge is 0.0330 e. The first-order valence-electron chi connectivity index (χ1n) is 3.96. The summed E-state index contributed by atoms with van der Waals surface area (Å²) in [5.41, 5.74) is 7.08. The van der Waals surface area contributed by atoms with Gasteiger partial charge in [0.05, 0.1) is 0 Å². The average Bonchev–Trinajstić information content (AvgIpc) is 2.10. The Morgan fingerprint density at radius 1 is 1.62 bits per heavy atom. The zero-order valence-corrected chi connectivity index (χ0v) is 10.9. The fraction of sp³-hybridized carbons (Fsp3) is 0.200. The minimum Gasteiger partial charge on any atom is -0.324 e. The standard InChI is InChI=1S/C10H11BrIN/c1-2-3-10(13)7-4-5-9(12)8(11)6-7/h2,4-6,10H,1,3,13H2/t10-/m0/s1. The maximum Gasteiger partial charge on any atom is 0.0330 e. The lowest BCUT2D eigenvalue weighted by Gasteiger charge is -2.10. The van der Waals surface area contributed by atoms with Gasteiger partial charge in [-0.1, -0.05) is 12.1 Å². The first-order valence-corrected chi connectivity index (χ1v) is 5.83. The zero-order valence-electron chi connectivity index (χ0n) is 7.13. The Labute approximate surface area is 101 Å². The van der Waals surface area contributed by atoms with Crippen LogP contribution in [0.2, 0.25) is 0 Å². The predicted octanol–water partition coefficient (Wildman–Crippen LogP) is 3.63. The van der Waals surface area contributed by atoms with E-state index in [0.29, 0.717) is 0 Å². The summed E-state index contributed by atoms with van der Waals surface area (Å²) in [7, 11) is 0. The lowest BCUT2D eigenvalue weighted by molar-refractivity contribution is 0.741. The number of nitrogens with two attached hydrogens (primary N) is 1. The van der Waals surface area contributed by atoms with Crippen molar-refractivity contribution in [3.8, 4) is 0 Å². The highest BCUT2D eigenvalue weighted by atomic mass is 127. The molecule has 0 heterocycles. The topological polar surface area (TPSA) is 26.0 Å². The fourth-order valence-corrected chi connectivity index (χ4v) is 1.79. The van der Waals surface area contributed by atoms with Gasteiger partial charge in [-0.3, -0.25) is 0 Å². The fourth-order valence-electron chi connectivity index (χ4n) is 1.06. The monoisotopic (exact) mass is 351 g/mol. The van der Waals surface area contributed by atoms with Gasteiger partial charge in [0.25, 0.3) is 0 Å². The second kappa shape index (κ2) is 5.12. The van der Waals surface area contributed by atoms with E-state index >= 15 is 0 Å². The highest BCUT2D eigenvalue weighted by Crippen LogP contribution is 2.24. The van der Waals surface area contributed by atoms with E-state index in [9.17, 15) is 0 Å². The van der Waals surface area contributed by atoms with Crippen molar-refractivity contribution >= 4 is 38.5 Å². The van der Waals surface area contributed by atoms with Crippen LogP contribution in [0.15, 0.2) is 35.3 Å². The molecule has 1 aromatic carbocycles. The quantitative estimate of drug-likeness (QED) is 0.653. The van der Waals surface area contributed by atoms with Crippen LogP contribution < -0.4 is 5.73 Å². The van der Waals surface area contributed by atoms with Gasteiger partial charge in [0.15, 0.2) is 0 Å². The van der Waals surface area contributed by atoms with Gasteiger partial charge >= 0.3 is 0 Å². The van der Waals surface area contributed by atoms with Gasteiger partial charge < -0.3 is 5.73 Å². The van der Waals surface area contributed by atoms with E-state index in [1.807, 2.05) is 6.08 Å². The summed E-state index contributed by atoms with van der Waals surface area (Å²) in [6, 6.07) is 6.24. The molecule has 1 aromatic rings. The molecule has 0 spiro atoms. The largest absolute Gasteiger partial charge is 0.324 e. The molecule has 70 valence electrons. The molecule has 0 aliphatic carbocycles. The summed E-state index contributed by atoms with van der Waals surface area (Å²) in [6.07, 6.45) is 2.66. The van der Waals surface area contributed by atoms with Crippen LogP contribution in [0.3, 0.4) is 0 Å². The normalized spacial score (nSPS) is 12.5. The Hall–Kier alpha value is 0.130. The van der Waals surface area contributed by atoms with Crippen LogP contribution >= 0.6 is 38.5 Å². The first kappa shape index (κ1) is 11.2. The summed E-state index contributed by atoms with van der Waals surface area (Å²) < 4.78 is 2.30. The van der Waals surface area contributed by atoms with Gasteiger partial charge in [0.2, 0.25) is 0 Å². The van der Waals surface area contributed by atoms with Crippen LogP contribution in [0.25, 0.3) is 0 Å². The van der Waals surface area contributed by atoms with E-state index in [-0.39, 0.29) is 6.04 Å². The average molecular weight is 352 g/mol. The molecule has 0 saturated carbocycles. The van der Waals surface area contributed by atoms with Gasteiger partial charge in [-0.25, -0.2) is 0 Å². The third-order valence-electron chi connectivity index (χ3n) is 1.79.